The van der Waals surface area contributed by atoms with Crippen LogP contribution in [0.1, 0.15) is 41.5 Å². The van der Waals surface area contributed by atoms with E-state index in [1.54, 1.807) is 7.11 Å². The van der Waals surface area contributed by atoms with E-state index >= 15 is 0 Å². The largest absolute Gasteiger partial charge is 0.497 e. The van der Waals surface area contributed by atoms with Crippen molar-refractivity contribution in [2.45, 2.75) is 51.3 Å². The van der Waals surface area contributed by atoms with Gasteiger partial charge in [-0.1, -0.05) is 18.2 Å². The van der Waals surface area contributed by atoms with Crippen LogP contribution >= 0.6 is 0 Å². The summed E-state index contributed by atoms with van der Waals surface area (Å²) in [5.41, 5.74) is 5.25. The maximum Gasteiger partial charge on any atom is 0.119 e. The predicted molar refractivity (Wildman–Crippen MR) is 131 cm³/mol. The monoisotopic (exact) mass is 435 g/mol. The number of rotatable bonds is 7. The lowest BCUT2D eigenvalue weighted by Gasteiger charge is -2.45. The number of ether oxygens (including phenoxy) is 1. The van der Waals surface area contributed by atoms with Crippen LogP contribution in [0.25, 0.3) is 10.9 Å². The minimum Gasteiger partial charge on any atom is -0.497 e. The van der Waals surface area contributed by atoms with Crippen molar-refractivity contribution in [1.29, 1.82) is 0 Å². The van der Waals surface area contributed by atoms with Crippen molar-refractivity contribution in [2.24, 2.45) is 5.92 Å². The Balaban J connectivity index is 1.51. The first-order valence-corrected chi connectivity index (χ1v) is 11.6. The molecule has 1 saturated carbocycles. The van der Waals surface area contributed by atoms with E-state index in [1.165, 1.54) is 27.6 Å². The number of aryl methyl sites for hydroxylation is 2. The Morgan fingerprint density at radius 2 is 2.03 bits per heavy atom. The summed E-state index contributed by atoms with van der Waals surface area (Å²) in [6, 6.07) is 12.8. The highest BCUT2D eigenvalue weighted by molar-refractivity contribution is 5.87. The van der Waals surface area contributed by atoms with Crippen molar-refractivity contribution in [3.63, 3.8) is 0 Å². The summed E-state index contributed by atoms with van der Waals surface area (Å²) in [7, 11) is 5.84. The highest BCUT2D eigenvalue weighted by Crippen LogP contribution is 2.43. The number of hydrogen-bond acceptors (Lipinski definition) is 4. The SMILES string of the molecule is COc1cccc(C2(O)CCC(NCc3c[nH]c4cc(C)cc(C)c34)CC2CN(C)C)c1. The van der Waals surface area contributed by atoms with Crippen LogP contribution in [0.2, 0.25) is 0 Å². The van der Waals surface area contributed by atoms with Crippen molar-refractivity contribution in [1.82, 2.24) is 15.2 Å². The Hall–Kier alpha value is -2.34. The molecule has 0 amide bonds. The van der Waals surface area contributed by atoms with Gasteiger partial charge in [-0.3, -0.25) is 0 Å². The zero-order valence-electron chi connectivity index (χ0n) is 20.0. The molecule has 3 N–H and O–H groups in total. The van der Waals surface area contributed by atoms with Crippen molar-refractivity contribution in [3.05, 3.63) is 64.8 Å². The number of aromatic nitrogens is 1. The molecular formula is C27H37N3O2. The van der Waals surface area contributed by atoms with Gasteiger partial charge in [0.05, 0.1) is 12.7 Å². The zero-order valence-corrected chi connectivity index (χ0v) is 20.0. The van der Waals surface area contributed by atoms with Crippen molar-refractivity contribution >= 4 is 10.9 Å². The zero-order chi connectivity index (χ0) is 22.9. The molecule has 1 aliphatic rings. The fourth-order valence-corrected chi connectivity index (χ4v) is 5.52. The Morgan fingerprint density at radius 3 is 2.78 bits per heavy atom. The first-order chi connectivity index (χ1) is 15.3. The predicted octanol–water partition coefficient (Wildman–Crippen LogP) is 4.50. The summed E-state index contributed by atoms with van der Waals surface area (Å²) in [5, 5.41) is 17.0. The first kappa shape index (κ1) is 22.8. The number of benzene rings is 2. The number of fused-ring (bicyclic) bond motifs is 1. The molecule has 3 aromatic rings. The minimum atomic E-state index is -0.841. The van der Waals surface area contributed by atoms with Crippen LogP contribution < -0.4 is 10.1 Å². The molecule has 5 heteroatoms. The van der Waals surface area contributed by atoms with E-state index in [4.69, 9.17) is 4.74 Å². The average molecular weight is 436 g/mol. The fourth-order valence-electron chi connectivity index (χ4n) is 5.52. The molecule has 2 aromatic carbocycles. The van der Waals surface area contributed by atoms with Crippen LogP contribution in [0, 0.1) is 19.8 Å². The number of aliphatic hydroxyl groups is 1. The summed E-state index contributed by atoms with van der Waals surface area (Å²) < 4.78 is 5.42. The normalized spacial score (nSPS) is 23.7. The van der Waals surface area contributed by atoms with Gasteiger partial charge >= 0.3 is 0 Å². The van der Waals surface area contributed by atoms with E-state index in [-0.39, 0.29) is 5.92 Å². The van der Waals surface area contributed by atoms with Gasteiger partial charge in [-0.25, -0.2) is 0 Å². The van der Waals surface area contributed by atoms with E-state index in [2.05, 4.69) is 61.5 Å². The highest BCUT2D eigenvalue weighted by Gasteiger charge is 2.43. The smallest absolute Gasteiger partial charge is 0.119 e. The molecule has 3 atom stereocenters. The third-order valence-corrected chi connectivity index (χ3v) is 7.06. The van der Waals surface area contributed by atoms with Gasteiger partial charge in [0.1, 0.15) is 5.75 Å². The molecule has 32 heavy (non-hydrogen) atoms. The second-order valence-electron chi connectivity index (χ2n) is 9.79. The van der Waals surface area contributed by atoms with Crippen LogP contribution in [0.4, 0.5) is 0 Å². The molecule has 0 radical (unpaired) electrons. The van der Waals surface area contributed by atoms with Gasteiger partial charge in [0.15, 0.2) is 0 Å². The van der Waals surface area contributed by atoms with Crippen LogP contribution in [-0.4, -0.2) is 48.8 Å². The van der Waals surface area contributed by atoms with Crippen LogP contribution in [0.15, 0.2) is 42.6 Å². The standard InChI is InChI=1S/C27H37N3O2/c1-18-11-19(2)26-20(16-29-25(26)12-18)15-28-23-9-10-27(31,22(13-23)17-30(3)4)21-7-6-8-24(14-21)32-5/h6-8,11-12,14,16,22-23,28-29,31H,9-10,13,15,17H2,1-5H3. The first-order valence-electron chi connectivity index (χ1n) is 11.6. The molecule has 3 unspecified atom stereocenters. The van der Waals surface area contributed by atoms with Gasteiger partial charge in [0, 0.05) is 42.1 Å². The van der Waals surface area contributed by atoms with Gasteiger partial charge in [0.2, 0.25) is 0 Å². The minimum absolute atomic E-state index is 0.142. The van der Waals surface area contributed by atoms with E-state index in [0.717, 1.165) is 43.7 Å². The van der Waals surface area contributed by atoms with E-state index in [0.29, 0.717) is 6.04 Å². The number of nitrogens with one attached hydrogen (secondary N) is 2. The van der Waals surface area contributed by atoms with Gasteiger partial charge in [0.25, 0.3) is 0 Å². The molecular weight excluding hydrogens is 398 g/mol. The Kier molecular flexibility index (Phi) is 6.61. The highest BCUT2D eigenvalue weighted by atomic mass is 16.5. The molecule has 172 valence electrons. The fraction of sp³-hybridized carbons (Fsp3) is 0.481. The van der Waals surface area contributed by atoms with E-state index in [9.17, 15) is 5.11 Å². The quantitative estimate of drug-likeness (QED) is 0.511. The Bertz CT molecular complexity index is 1070. The Labute approximate surface area is 191 Å². The van der Waals surface area contributed by atoms with E-state index in [1.807, 2.05) is 24.3 Å². The van der Waals surface area contributed by atoms with Gasteiger partial charge in [-0.05, 0) is 87.7 Å². The number of nitrogens with zero attached hydrogens (tertiary/aromatic N) is 1. The van der Waals surface area contributed by atoms with Crippen LogP contribution in [0.5, 0.6) is 5.75 Å². The lowest BCUT2D eigenvalue weighted by Crippen LogP contribution is -2.49. The maximum atomic E-state index is 11.8. The van der Waals surface area contributed by atoms with E-state index < -0.39 is 5.60 Å². The summed E-state index contributed by atoms with van der Waals surface area (Å²) in [5.74, 6) is 0.938. The molecule has 1 aliphatic carbocycles. The number of hydrogen-bond donors (Lipinski definition) is 3. The third kappa shape index (κ3) is 4.56. The average Bonchev–Trinajstić information content (AvgIpc) is 3.17. The lowest BCUT2D eigenvalue weighted by molar-refractivity contribution is -0.0694. The molecule has 1 fully saturated rings. The molecule has 5 nitrogen and oxygen atoms in total. The molecule has 0 saturated heterocycles. The molecule has 1 heterocycles. The molecule has 0 spiro atoms. The van der Waals surface area contributed by atoms with Crippen molar-refractivity contribution in [2.75, 3.05) is 27.7 Å². The molecule has 0 bridgehead atoms. The van der Waals surface area contributed by atoms with Gasteiger partial charge in [-0.15, -0.1) is 0 Å². The molecule has 4 rings (SSSR count). The number of H-pyrrole nitrogens is 1. The topological polar surface area (TPSA) is 60.5 Å². The van der Waals surface area contributed by atoms with Crippen molar-refractivity contribution in [3.8, 4) is 5.75 Å². The third-order valence-electron chi connectivity index (χ3n) is 7.06. The van der Waals surface area contributed by atoms with Crippen LogP contribution in [-0.2, 0) is 12.1 Å². The summed E-state index contributed by atoms with van der Waals surface area (Å²) >= 11 is 0. The maximum absolute atomic E-state index is 11.8. The van der Waals surface area contributed by atoms with Crippen LogP contribution in [0.3, 0.4) is 0 Å². The number of aromatic amines is 1. The van der Waals surface area contributed by atoms with Crippen molar-refractivity contribution < 1.29 is 9.84 Å². The Morgan fingerprint density at radius 1 is 1.22 bits per heavy atom. The van der Waals surface area contributed by atoms with Gasteiger partial charge in [-0.2, -0.15) is 0 Å². The second-order valence-corrected chi connectivity index (χ2v) is 9.79. The molecule has 0 aliphatic heterocycles. The lowest BCUT2D eigenvalue weighted by atomic mass is 9.69. The number of methoxy groups -OCH3 is 1. The molecule has 1 aromatic heterocycles. The summed E-state index contributed by atoms with van der Waals surface area (Å²) in [6.07, 6.45) is 4.75. The summed E-state index contributed by atoms with van der Waals surface area (Å²) in [4.78, 5) is 5.62. The summed E-state index contributed by atoms with van der Waals surface area (Å²) in [6.45, 7) is 6.01. The van der Waals surface area contributed by atoms with Gasteiger partial charge < -0.3 is 25.0 Å². The second kappa shape index (κ2) is 9.26.